The molecule has 0 fully saturated rings. The monoisotopic (exact) mass is 432 g/mol. The first kappa shape index (κ1) is 19.1. The van der Waals surface area contributed by atoms with Gasteiger partial charge in [-0.1, -0.05) is 41.9 Å². The standard InChI is InChI=1S/C23H17ClN4O3/c1-2-31-23(30)20-19(22(29)28(27-20)15-9-5-8-14(24)12-15)21-25-16-10-3-6-13-7-4-11-17(26-21)18(13)16/h3-12,27H,2H2,1H3,(H,25,26). The highest BCUT2D eigenvalue weighted by Gasteiger charge is 2.28. The van der Waals surface area contributed by atoms with Gasteiger partial charge in [-0.25, -0.2) is 14.5 Å². The molecule has 0 atom stereocenters. The zero-order valence-electron chi connectivity index (χ0n) is 16.5. The molecule has 8 heteroatoms. The first-order valence-corrected chi connectivity index (χ1v) is 10.1. The van der Waals surface area contributed by atoms with E-state index in [0.29, 0.717) is 16.4 Å². The second-order valence-corrected chi connectivity index (χ2v) is 7.41. The van der Waals surface area contributed by atoms with Gasteiger partial charge in [0.25, 0.3) is 5.56 Å². The lowest BCUT2D eigenvalue weighted by Crippen LogP contribution is -2.27. The van der Waals surface area contributed by atoms with Crippen molar-refractivity contribution in [3.8, 4) is 5.69 Å². The minimum Gasteiger partial charge on any atom is -0.461 e. The van der Waals surface area contributed by atoms with Crippen molar-refractivity contribution in [2.45, 2.75) is 6.92 Å². The van der Waals surface area contributed by atoms with Gasteiger partial charge in [0, 0.05) is 16.1 Å². The molecule has 7 nitrogen and oxygen atoms in total. The van der Waals surface area contributed by atoms with Crippen LogP contribution < -0.4 is 10.9 Å². The number of hydrogen-bond donors (Lipinski definition) is 2. The molecule has 0 radical (unpaired) electrons. The number of hydrogen-bond acceptors (Lipinski definition) is 5. The van der Waals surface area contributed by atoms with Gasteiger partial charge in [0.2, 0.25) is 0 Å². The molecule has 31 heavy (non-hydrogen) atoms. The zero-order valence-corrected chi connectivity index (χ0v) is 17.2. The predicted octanol–water partition coefficient (Wildman–Crippen LogP) is 4.65. The molecule has 154 valence electrons. The quantitative estimate of drug-likeness (QED) is 0.459. The Kier molecular flexibility index (Phi) is 4.60. The Morgan fingerprint density at radius 1 is 1.13 bits per heavy atom. The Morgan fingerprint density at radius 2 is 1.90 bits per heavy atom. The number of benzene rings is 3. The molecule has 1 aliphatic rings. The van der Waals surface area contributed by atoms with Gasteiger partial charge < -0.3 is 10.1 Å². The van der Waals surface area contributed by atoms with E-state index in [9.17, 15) is 9.59 Å². The highest BCUT2D eigenvalue weighted by Crippen LogP contribution is 2.36. The van der Waals surface area contributed by atoms with Gasteiger partial charge in [-0.2, -0.15) is 0 Å². The minimum absolute atomic E-state index is 0.0182. The Morgan fingerprint density at radius 3 is 2.68 bits per heavy atom. The van der Waals surface area contributed by atoms with Crippen LogP contribution in [0.5, 0.6) is 0 Å². The number of carbonyl (C=O) groups is 1. The molecule has 4 aromatic rings. The van der Waals surface area contributed by atoms with Gasteiger partial charge in [-0.05, 0) is 42.6 Å². The number of H-pyrrole nitrogens is 1. The van der Waals surface area contributed by atoms with Crippen LogP contribution in [0, 0.1) is 0 Å². The maximum atomic E-state index is 13.4. The molecule has 0 saturated carbocycles. The van der Waals surface area contributed by atoms with Gasteiger partial charge in [0.15, 0.2) is 5.69 Å². The summed E-state index contributed by atoms with van der Waals surface area (Å²) < 4.78 is 6.45. The molecule has 2 N–H and O–H groups in total. The number of halogens is 1. The molecule has 3 aromatic carbocycles. The Bertz CT molecular complexity index is 1430. The third-order valence-electron chi connectivity index (χ3n) is 5.04. The summed E-state index contributed by atoms with van der Waals surface area (Å²) >= 11 is 6.10. The maximum Gasteiger partial charge on any atom is 0.357 e. The van der Waals surface area contributed by atoms with E-state index in [4.69, 9.17) is 16.3 Å². The highest BCUT2D eigenvalue weighted by molar-refractivity contribution is 6.30. The van der Waals surface area contributed by atoms with Crippen molar-refractivity contribution in [3.63, 3.8) is 0 Å². The number of aromatic nitrogens is 2. The average Bonchev–Trinajstić information content (AvgIpc) is 3.11. The molecule has 0 bridgehead atoms. The normalized spacial score (nSPS) is 12.4. The van der Waals surface area contributed by atoms with Crippen LogP contribution in [0.1, 0.15) is 23.0 Å². The fourth-order valence-corrected chi connectivity index (χ4v) is 3.90. The van der Waals surface area contributed by atoms with Gasteiger partial charge >= 0.3 is 5.97 Å². The zero-order chi connectivity index (χ0) is 21.5. The molecule has 0 unspecified atom stereocenters. The number of rotatable bonds is 4. The van der Waals surface area contributed by atoms with Crippen LogP contribution >= 0.6 is 11.6 Å². The van der Waals surface area contributed by atoms with Crippen molar-refractivity contribution in [3.05, 3.63) is 87.3 Å². The van der Waals surface area contributed by atoms with Crippen LogP contribution in [-0.4, -0.2) is 28.2 Å². The van der Waals surface area contributed by atoms with Crippen molar-refractivity contribution in [1.29, 1.82) is 0 Å². The van der Waals surface area contributed by atoms with Crippen molar-refractivity contribution in [2.24, 2.45) is 4.99 Å². The number of amidine groups is 1. The van der Waals surface area contributed by atoms with Gasteiger partial charge in [-0.3, -0.25) is 9.89 Å². The van der Waals surface area contributed by atoms with Crippen molar-refractivity contribution >= 4 is 45.6 Å². The van der Waals surface area contributed by atoms with Crippen LogP contribution in [0.25, 0.3) is 16.5 Å². The summed E-state index contributed by atoms with van der Waals surface area (Å²) in [5.74, 6) is -0.367. The molecule has 5 rings (SSSR count). The SMILES string of the molecule is CCOC(=O)c1[nH]n(-c2cccc(Cl)c2)c(=O)c1C1=Nc2cccc3cccc(c23)N1. The number of nitrogens with one attached hydrogen (secondary N) is 2. The second kappa shape index (κ2) is 7.45. The molecule has 0 amide bonds. The van der Waals surface area contributed by atoms with E-state index in [1.54, 1.807) is 31.2 Å². The van der Waals surface area contributed by atoms with E-state index < -0.39 is 11.5 Å². The summed E-state index contributed by atoms with van der Waals surface area (Å²) in [6.45, 7) is 1.88. The van der Waals surface area contributed by atoms with E-state index in [-0.39, 0.29) is 23.7 Å². The van der Waals surface area contributed by atoms with E-state index in [1.807, 2.05) is 36.4 Å². The Hall–Kier alpha value is -3.84. The molecule has 0 aliphatic carbocycles. The molecule has 0 saturated heterocycles. The van der Waals surface area contributed by atoms with E-state index in [0.717, 1.165) is 16.5 Å². The maximum absolute atomic E-state index is 13.4. The Balaban J connectivity index is 1.73. The number of carbonyl (C=O) groups excluding carboxylic acids is 1. The van der Waals surface area contributed by atoms with Crippen molar-refractivity contribution in [1.82, 2.24) is 9.78 Å². The lowest BCUT2D eigenvalue weighted by atomic mass is 10.0. The largest absolute Gasteiger partial charge is 0.461 e. The summed E-state index contributed by atoms with van der Waals surface area (Å²) in [5, 5.41) is 8.54. The van der Waals surface area contributed by atoms with E-state index in [1.165, 1.54) is 4.68 Å². The molecule has 2 heterocycles. The van der Waals surface area contributed by atoms with Crippen LogP contribution in [0.15, 0.2) is 70.5 Å². The number of anilines is 1. The van der Waals surface area contributed by atoms with Crippen LogP contribution in [0.3, 0.4) is 0 Å². The molecular formula is C23H17ClN4O3. The van der Waals surface area contributed by atoms with Crippen LogP contribution in [0.4, 0.5) is 11.4 Å². The fourth-order valence-electron chi connectivity index (χ4n) is 3.72. The van der Waals surface area contributed by atoms with Crippen molar-refractivity contribution < 1.29 is 9.53 Å². The predicted molar refractivity (Wildman–Crippen MR) is 121 cm³/mol. The number of nitrogens with zero attached hydrogens (tertiary/aromatic N) is 2. The van der Waals surface area contributed by atoms with Crippen molar-refractivity contribution in [2.75, 3.05) is 11.9 Å². The summed E-state index contributed by atoms with van der Waals surface area (Å²) in [7, 11) is 0. The third kappa shape index (κ3) is 3.19. The smallest absolute Gasteiger partial charge is 0.357 e. The number of esters is 1. The summed E-state index contributed by atoms with van der Waals surface area (Å²) in [6, 6.07) is 18.4. The van der Waals surface area contributed by atoms with Gasteiger partial charge in [0.1, 0.15) is 11.4 Å². The summed E-state index contributed by atoms with van der Waals surface area (Å²) in [6.07, 6.45) is 0. The minimum atomic E-state index is -0.642. The first-order valence-electron chi connectivity index (χ1n) is 9.72. The van der Waals surface area contributed by atoms with Gasteiger partial charge in [0.05, 0.1) is 18.0 Å². The fraction of sp³-hybridized carbons (Fsp3) is 0.0870. The van der Waals surface area contributed by atoms with Gasteiger partial charge in [-0.15, -0.1) is 0 Å². The molecule has 0 spiro atoms. The molecular weight excluding hydrogens is 416 g/mol. The Labute approximate surface area is 181 Å². The number of aromatic amines is 1. The van der Waals surface area contributed by atoms with E-state index in [2.05, 4.69) is 15.4 Å². The third-order valence-corrected chi connectivity index (χ3v) is 5.28. The molecule has 1 aliphatic heterocycles. The summed E-state index contributed by atoms with van der Waals surface area (Å²) in [4.78, 5) is 30.8. The molecule has 1 aromatic heterocycles. The van der Waals surface area contributed by atoms with E-state index >= 15 is 0 Å². The lowest BCUT2D eigenvalue weighted by molar-refractivity contribution is 0.0518. The highest BCUT2D eigenvalue weighted by atomic mass is 35.5. The number of aliphatic imine (C=N–C) groups is 1. The number of ether oxygens (including phenoxy) is 1. The van der Waals surface area contributed by atoms with Crippen LogP contribution in [-0.2, 0) is 4.74 Å². The average molecular weight is 433 g/mol. The lowest BCUT2D eigenvalue weighted by Gasteiger charge is -2.18. The summed E-state index contributed by atoms with van der Waals surface area (Å²) in [5.41, 5.74) is 1.69. The van der Waals surface area contributed by atoms with Crippen LogP contribution in [0.2, 0.25) is 5.02 Å². The first-order chi connectivity index (χ1) is 15.1. The second-order valence-electron chi connectivity index (χ2n) is 6.97. The topological polar surface area (TPSA) is 88.5 Å².